The van der Waals surface area contributed by atoms with E-state index in [9.17, 15) is 91.4 Å². The van der Waals surface area contributed by atoms with Crippen molar-refractivity contribution in [1.29, 1.82) is 0 Å². The Labute approximate surface area is 683 Å². The Morgan fingerprint density at radius 2 is 0.442 bits per heavy atom. The fourth-order valence-electron chi connectivity index (χ4n) is 13.5. The molecule has 0 spiro atoms. The van der Waals surface area contributed by atoms with Crippen molar-refractivity contribution in [3.05, 3.63) is 0 Å². The molecule has 6 aliphatic rings. The number of hydrogen-bond donors (Lipinski definition) is 2. The number of nitrogens with one attached hydrogen (secondary N) is 1. The van der Waals surface area contributed by atoms with Crippen molar-refractivity contribution >= 4 is 107 Å². The summed E-state index contributed by atoms with van der Waals surface area (Å²) < 4.78 is 167. The Hall–Kier alpha value is -10.0. The van der Waals surface area contributed by atoms with Crippen LogP contribution in [-0.2, 0) is 219 Å². The van der Waals surface area contributed by atoms with Crippen molar-refractivity contribution in [1.82, 2.24) is 5.32 Å². The van der Waals surface area contributed by atoms with E-state index in [-0.39, 0.29) is 0 Å². The Morgan fingerprint density at radius 3 is 0.783 bits per heavy atom. The molecule has 1 amide bonds. The molecule has 2 N–H and O–H groups in total. The average Bonchev–Trinajstić information content (AvgIpc) is 0.750. The fourth-order valence-corrected chi connectivity index (χ4v) is 13.5. The highest BCUT2D eigenvalue weighted by molar-refractivity contribution is 5.74. The summed E-state index contributed by atoms with van der Waals surface area (Å²) in [6.45, 7) is 12.5. The van der Waals surface area contributed by atoms with Gasteiger partial charge in [-0.2, -0.15) is 0 Å². The van der Waals surface area contributed by atoms with Gasteiger partial charge >= 0.3 is 101 Å². The highest BCUT2D eigenvalue weighted by Crippen LogP contribution is 2.43. The molecule has 0 bridgehead atoms. The van der Waals surface area contributed by atoms with Crippen LogP contribution < -0.4 is 5.32 Å². The van der Waals surface area contributed by atoms with E-state index in [0.29, 0.717) is 0 Å². The monoisotopic (exact) mass is 1730 g/mol. The van der Waals surface area contributed by atoms with E-state index in [2.05, 4.69) is 5.32 Å². The van der Waals surface area contributed by atoms with Crippen LogP contribution in [0.4, 0.5) is 0 Å². The normalized spacial score (nSPS) is 33.9. The third-order valence-corrected chi connectivity index (χ3v) is 17.5. The summed E-state index contributed by atoms with van der Waals surface area (Å²) in [7, 11) is 0. The molecule has 12 unspecified atom stereocenters. The molecule has 48 heteroatoms. The van der Waals surface area contributed by atoms with Crippen LogP contribution in [0.1, 0.15) is 132 Å². The molecule has 30 atom stereocenters. The molecule has 48 nitrogen and oxygen atoms in total. The van der Waals surface area contributed by atoms with Gasteiger partial charge in [-0.1, -0.05) is 0 Å². The minimum Gasteiger partial charge on any atom is -0.463 e. The van der Waals surface area contributed by atoms with Crippen LogP contribution >= 0.6 is 0 Å². The second-order valence-corrected chi connectivity index (χ2v) is 27.6. The van der Waals surface area contributed by atoms with Gasteiger partial charge in [0.05, 0.1) is 6.10 Å². The fraction of sp³-hybridized carbons (Fsp3) is 0.750. The zero-order valence-electron chi connectivity index (χ0n) is 68.6. The lowest BCUT2D eigenvalue weighted by Crippen LogP contribution is -2.72. The lowest BCUT2D eigenvalue weighted by molar-refractivity contribution is -0.393. The summed E-state index contributed by atoms with van der Waals surface area (Å²) in [6, 6.07) is -2.21. The lowest BCUT2D eigenvalue weighted by Gasteiger charge is -2.52. The maximum absolute atomic E-state index is 14.2. The van der Waals surface area contributed by atoms with E-state index in [0.717, 1.165) is 125 Å². The van der Waals surface area contributed by atoms with E-state index in [1.165, 1.54) is 6.92 Å². The highest BCUT2D eigenvalue weighted by Gasteiger charge is 2.64. The number of esters is 17. The molecule has 0 aromatic heterocycles. The van der Waals surface area contributed by atoms with Gasteiger partial charge in [0, 0.05) is 125 Å². The summed E-state index contributed by atoms with van der Waals surface area (Å²) in [6.07, 6.45) is -60.9. The van der Waals surface area contributed by atoms with Crippen molar-refractivity contribution in [2.45, 2.75) is 316 Å². The minimum absolute atomic E-state index is 0.805. The zero-order chi connectivity index (χ0) is 89.8. The van der Waals surface area contributed by atoms with E-state index in [4.69, 9.17) is 133 Å². The van der Waals surface area contributed by atoms with E-state index in [1.54, 1.807) is 0 Å². The Kier molecular flexibility index (Phi) is 37.1. The number of rotatable bonds is 33. The summed E-state index contributed by atoms with van der Waals surface area (Å²) in [4.78, 5) is 238. The molecule has 0 radical (unpaired) electrons. The van der Waals surface area contributed by atoms with E-state index < -0.39 is 325 Å². The second kappa shape index (κ2) is 45.0. The van der Waals surface area contributed by atoms with Gasteiger partial charge in [0.25, 0.3) is 0 Å². The van der Waals surface area contributed by atoms with Gasteiger partial charge in [-0.3, -0.25) is 86.3 Å². The first-order valence-electron chi connectivity index (χ1n) is 37.0. The van der Waals surface area contributed by atoms with Crippen molar-refractivity contribution in [3.8, 4) is 0 Å². The van der Waals surface area contributed by atoms with Gasteiger partial charge in [0.1, 0.15) is 94.0 Å². The molecule has 0 saturated carbocycles. The summed E-state index contributed by atoms with van der Waals surface area (Å²) in [5.74, 6) is -20.1. The smallest absolute Gasteiger partial charge is 0.303 e. The molecule has 6 rings (SSSR count). The van der Waals surface area contributed by atoms with Crippen LogP contribution in [0.5, 0.6) is 0 Å². The van der Waals surface area contributed by atoms with Gasteiger partial charge < -0.3 is 143 Å². The standard InChI is InChI=1S/C72H99NO47/c1-25-50(99-32(8)80)57(103-36(12)84)63(108-41(17)89)69(98-25)120-66-59(105-38(14)86)52(101-34(10)82)46(22-95-29(5)77)114-72(66)118-56-49(73-26(2)74)68(112-45(21-94-28(4)76)51(56)100-33(9)81)119-61-53(102-35(11)83)47(23-96-30(6)78)113-71(65(61)110-43(19)91)117-55-48(24-97-31(7)79)115-70(64(109-42(18)90)60(55)106-39(15)87)116-54-44(20-93-27(3)75)111-67(92)62(107-40(16)88)58(54)104-37(13)85/h25,44-72,92H,20-24H2,1-19H3,(H,73,74)/t25?,44?,45?,46?,47?,48?,49?,50-,51-,52-,53-,54-,55-,56+,57?,58-,59-,60-,61-,62?,63-,64?,65?,66?,67+,68-,69-,70-,71-,72-/m0/s1. The zero-order valence-corrected chi connectivity index (χ0v) is 68.6. The number of carbonyl (C=O) groups is 18. The minimum atomic E-state index is -2.45. The molecule has 120 heavy (non-hydrogen) atoms. The van der Waals surface area contributed by atoms with Gasteiger partial charge in [-0.05, 0) is 6.92 Å². The molecule has 6 heterocycles. The first-order chi connectivity index (χ1) is 56.1. The quantitative estimate of drug-likeness (QED) is 0.0482. The van der Waals surface area contributed by atoms with Gasteiger partial charge in [0.2, 0.25) is 5.91 Å². The third kappa shape index (κ3) is 28.8. The number of amides is 1. The molecule has 6 fully saturated rings. The summed E-state index contributed by atoms with van der Waals surface area (Å²) in [5, 5.41) is 13.8. The first-order valence-corrected chi connectivity index (χ1v) is 37.0. The van der Waals surface area contributed by atoms with Crippen LogP contribution in [0.25, 0.3) is 0 Å². The molecule has 0 aliphatic carbocycles. The number of hydrogen-bond acceptors (Lipinski definition) is 47. The van der Waals surface area contributed by atoms with E-state index in [1.807, 2.05) is 0 Å². The number of aliphatic hydroxyl groups excluding tert-OH is 1. The average molecular weight is 1730 g/mol. The molecule has 0 aromatic carbocycles. The van der Waals surface area contributed by atoms with Crippen molar-refractivity contribution in [2.75, 3.05) is 33.0 Å². The summed E-state index contributed by atoms with van der Waals surface area (Å²) in [5.41, 5.74) is 0. The second-order valence-electron chi connectivity index (χ2n) is 27.6. The van der Waals surface area contributed by atoms with Gasteiger partial charge in [-0.25, -0.2) is 0 Å². The van der Waals surface area contributed by atoms with Crippen LogP contribution in [0.15, 0.2) is 0 Å². The first kappa shape index (κ1) is 98.8. The van der Waals surface area contributed by atoms with Crippen LogP contribution in [0.2, 0.25) is 0 Å². The lowest BCUT2D eigenvalue weighted by atomic mass is 9.93. The maximum Gasteiger partial charge on any atom is 0.303 e. The number of ether oxygens (including phenoxy) is 28. The van der Waals surface area contributed by atoms with Crippen LogP contribution in [0, 0.1) is 0 Å². The topological polar surface area (TPSA) is 598 Å². The molecular weight excluding hydrogens is 1630 g/mol. The predicted octanol–water partition coefficient (Wildman–Crippen LogP) is -3.23. The molecule has 0 aromatic rings. The van der Waals surface area contributed by atoms with Gasteiger partial charge in [-0.15, -0.1) is 0 Å². The van der Waals surface area contributed by atoms with Crippen LogP contribution in [0.3, 0.4) is 0 Å². The largest absolute Gasteiger partial charge is 0.463 e. The Morgan fingerprint density at radius 1 is 0.225 bits per heavy atom. The Balaban J connectivity index is 1.66. The highest BCUT2D eigenvalue weighted by atomic mass is 16.8. The number of aliphatic hydroxyl groups is 1. The Bertz CT molecular complexity index is 3700. The van der Waals surface area contributed by atoms with Crippen molar-refractivity contribution in [3.63, 3.8) is 0 Å². The molecule has 6 aliphatic heterocycles. The van der Waals surface area contributed by atoms with Crippen LogP contribution in [-0.4, -0.2) is 330 Å². The molecular formula is C72H99NO47. The number of carbonyl (C=O) groups excluding carboxylic acids is 18. The van der Waals surface area contributed by atoms with Gasteiger partial charge in [0.15, 0.2) is 117 Å². The van der Waals surface area contributed by atoms with Crippen molar-refractivity contribution in [2.24, 2.45) is 0 Å². The van der Waals surface area contributed by atoms with E-state index >= 15 is 0 Å². The molecule has 6 saturated heterocycles. The maximum atomic E-state index is 14.2. The SMILES string of the molecule is CC(=O)NC1[C@H](O[C@@H]2C(OC(C)=O)[C@H](O[C@H]3C(COC(C)=O)O[C@@H](O[C@H]4C(COC(C)=O)O[C@@H](O)C(OC(C)=O)[C@H]4OC(C)=O)C(OC(C)=O)[C@H]3OC(C)=O)OC(COC(C)=O)[C@@H]2OC(C)=O)OC(COC(C)=O)[C@H](OC(C)=O)[C@@H]1O[C@@H]1OC(COC(C)=O)[C@H](OC(C)=O)[C@H](OC(C)=O)C1O[C@@H]1OC(C)[C@H](OC(C)=O)C(OC(C)=O)[C@@H]1OC(C)=O. The molecule has 674 valence electrons. The summed E-state index contributed by atoms with van der Waals surface area (Å²) >= 11 is 0. The van der Waals surface area contributed by atoms with Crippen molar-refractivity contribution < 1.29 is 224 Å². The third-order valence-electron chi connectivity index (χ3n) is 17.5. The predicted molar refractivity (Wildman–Crippen MR) is 372 cm³/mol.